The number of phenolic OH excluding ortho intramolecular Hbond substituents is 1. The van der Waals surface area contributed by atoms with Crippen molar-refractivity contribution in [2.75, 3.05) is 0 Å². The third kappa shape index (κ3) is 1.74. The smallest absolute Gasteiger partial charge is 0.141 e. The van der Waals surface area contributed by atoms with Crippen LogP contribution >= 0.6 is 0 Å². The fourth-order valence-electron chi connectivity index (χ4n) is 1.27. The summed E-state index contributed by atoms with van der Waals surface area (Å²) in [4.78, 5) is 0. The van der Waals surface area contributed by atoms with Crippen molar-refractivity contribution in [3.63, 3.8) is 0 Å². The Kier molecular flexibility index (Phi) is 2.57. The molecule has 14 heavy (non-hydrogen) atoms. The topological polar surface area (TPSA) is 20.2 Å². The minimum Gasteiger partial charge on any atom is -0.508 e. The van der Waals surface area contributed by atoms with Gasteiger partial charge in [-0.25, -0.2) is 4.39 Å². The molecule has 78 valence electrons. The van der Waals surface area contributed by atoms with E-state index in [2.05, 4.69) is 0 Å². The maximum Gasteiger partial charge on any atom is 0.141 e. The molecule has 0 aromatic heterocycles. The number of halogens is 1. The highest BCUT2D eigenvalue weighted by atomic mass is 19.1. The van der Waals surface area contributed by atoms with Gasteiger partial charge in [-0.05, 0) is 13.0 Å². The quantitative estimate of drug-likeness (QED) is 0.727. The zero-order valence-electron chi connectivity index (χ0n) is 9.13. The van der Waals surface area contributed by atoms with Gasteiger partial charge in [0.05, 0.1) is 0 Å². The molecule has 0 bridgehead atoms. The fourth-order valence-corrected chi connectivity index (χ4v) is 1.27. The summed E-state index contributed by atoms with van der Waals surface area (Å²) >= 11 is 0. The van der Waals surface area contributed by atoms with Crippen molar-refractivity contribution in [3.05, 3.63) is 29.8 Å². The van der Waals surface area contributed by atoms with E-state index in [-0.39, 0.29) is 5.75 Å². The molecule has 0 heterocycles. The van der Waals surface area contributed by atoms with Crippen molar-refractivity contribution in [1.82, 2.24) is 0 Å². The number of alkyl halides is 1. The molecule has 1 atom stereocenters. The first-order valence-corrected chi connectivity index (χ1v) is 4.74. The lowest BCUT2D eigenvalue weighted by Crippen LogP contribution is -2.32. The fraction of sp³-hybridized carbons (Fsp3) is 0.500. The zero-order chi connectivity index (χ0) is 11.0. The Balaban J connectivity index is 3.23. The molecule has 1 aromatic carbocycles. The molecule has 1 aromatic rings. The molecule has 1 N–H and O–H groups in total. The van der Waals surface area contributed by atoms with Crippen LogP contribution in [0.2, 0.25) is 0 Å². The molecule has 0 spiro atoms. The summed E-state index contributed by atoms with van der Waals surface area (Å²) in [7, 11) is 0. The first-order chi connectivity index (χ1) is 6.27. The van der Waals surface area contributed by atoms with E-state index in [9.17, 15) is 9.50 Å². The SMILES string of the molecule is CC(C)(C)C(C)(F)c1ccccc1O. The average molecular weight is 196 g/mol. The highest BCUT2D eigenvalue weighted by Gasteiger charge is 2.40. The van der Waals surface area contributed by atoms with Gasteiger partial charge in [-0.3, -0.25) is 0 Å². The van der Waals surface area contributed by atoms with Gasteiger partial charge in [0, 0.05) is 11.0 Å². The second kappa shape index (κ2) is 3.26. The molecule has 0 saturated carbocycles. The van der Waals surface area contributed by atoms with Crippen LogP contribution in [0.3, 0.4) is 0 Å². The van der Waals surface area contributed by atoms with Crippen molar-refractivity contribution in [1.29, 1.82) is 0 Å². The Morgan fingerprint density at radius 1 is 1.07 bits per heavy atom. The molecule has 1 nitrogen and oxygen atoms in total. The van der Waals surface area contributed by atoms with Gasteiger partial charge in [0.1, 0.15) is 11.4 Å². The average Bonchev–Trinajstić information content (AvgIpc) is 2.02. The molecular formula is C12H17FO. The molecule has 1 unspecified atom stereocenters. The lowest BCUT2D eigenvalue weighted by atomic mass is 9.75. The third-order valence-electron chi connectivity index (χ3n) is 2.82. The summed E-state index contributed by atoms with van der Waals surface area (Å²) in [5.74, 6) is 0.0208. The monoisotopic (exact) mass is 196 g/mol. The summed E-state index contributed by atoms with van der Waals surface area (Å²) in [6.45, 7) is 6.96. The Morgan fingerprint density at radius 3 is 2.00 bits per heavy atom. The lowest BCUT2D eigenvalue weighted by Gasteiger charge is -2.35. The van der Waals surface area contributed by atoms with E-state index in [1.165, 1.54) is 13.0 Å². The van der Waals surface area contributed by atoms with Gasteiger partial charge in [-0.2, -0.15) is 0 Å². The highest BCUT2D eigenvalue weighted by Crippen LogP contribution is 2.45. The minimum absolute atomic E-state index is 0.0208. The zero-order valence-corrected chi connectivity index (χ0v) is 9.13. The van der Waals surface area contributed by atoms with Crippen LogP contribution in [-0.2, 0) is 5.67 Å². The van der Waals surface area contributed by atoms with Gasteiger partial charge in [0.2, 0.25) is 0 Å². The number of hydrogen-bond acceptors (Lipinski definition) is 1. The largest absolute Gasteiger partial charge is 0.508 e. The second-order valence-electron chi connectivity index (χ2n) is 4.77. The van der Waals surface area contributed by atoms with Crippen LogP contribution in [0.1, 0.15) is 33.3 Å². The number of hydrogen-bond donors (Lipinski definition) is 1. The Morgan fingerprint density at radius 2 is 1.57 bits per heavy atom. The highest BCUT2D eigenvalue weighted by molar-refractivity contribution is 5.37. The molecule has 1 rings (SSSR count). The normalized spacial score (nSPS) is 16.4. The summed E-state index contributed by atoms with van der Waals surface area (Å²) in [5, 5.41) is 9.57. The van der Waals surface area contributed by atoms with Gasteiger partial charge in [0.25, 0.3) is 0 Å². The van der Waals surface area contributed by atoms with E-state index in [0.29, 0.717) is 5.56 Å². The van der Waals surface area contributed by atoms with E-state index in [1.54, 1.807) is 18.2 Å². The molecule has 0 aliphatic carbocycles. The predicted molar refractivity (Wildman–Crippen MR) is 56.0 cm³/mol. The maximum atomic E-state index is 14.4. The van der Waals surface area contributed by atoms with Crippen molar-refractivity contribution in [3.8, 4) is 5.75 Å². The van der Waals surface area contributed by atoms with Crippen LogP contribution in [0.5, 0.6) is 5.75 Å². The Hall–Kier alpha value is -1.05. The molecule has 0 saturated heterocycles. The maximum absolute atomic E-state index is 14.4. The van der Waals surface area contributed by atoms with Crippen LogP contribution in [0.4, 0.5) is 4.39 Å². The standard InChI is InChI=1S/C12H17FO/c1-11(2,3)12(4,13)9-7-5-6-8-10(9)14/h5-8,14H,1-4H3. The summed E-state index contributed by atoms with van der Waals surface area (Å²) in [6.07, 6.45) is 0. The molecule has 0 amide bonds. The van der Waals surface area contributed by atoms with Crippen LogP contribution in [0.25, 0.3) is 0 Å². The van der Waals surface area contributed by atoms with Crippen LogP contribution < -0.4 is 0 Å². The van der Waals surface area contributed by atoms with E-state index in [4.69, 9.17) is 0 Å². The first-order valence-electron chi connectivity index (χ1n) is 4.74. The molecule has 0 aliphatic heterocycles. The van der Waals surface area contributed by atoms with E-state index in [1.807, 2.05) is 20.8 Å². The molecule has 2 heteroatoms. The Bertz CT molecular complexity index is 323. The van der Waals surface area contributed by atoms with Gasteiger partial charge in [-0.1, -0.05) is 39.0 Å². The third-order valence-corrected chi connectivity index (χ3v) is 2.82. The van der Waals surface area contributed by atoms with Crippen LogP contribution in [0.15, 0.2) is 24.3 Å². The molecule has 0 aliphatic rings. The lowest BCUT2D eigenvalue weighted by molar-refractivity contribution is 0.0428. The van der Waals surface area contributed by atoms with Crippen molar-refractivity contribution in [2.24, 2.45) is 5.41 Å². The molecular weight excluding hydrogens is 179 g/mol. The number of rotatable bonds is 1. The van der Waals surface area contributed by atoms with E-state index in [0.717, 1.165) is 0 Å². The number of aromatic hydroxyl groups is 1. The minimum atomic E-state index is -1.53. The van der Waals surface area contributed by atoms with Crippen molar-refractivity contribution >= 4 is 0 Å². The molecule has 0 fully saturated rings. The summed E-state index contributed by atoms with van der Waals surface area (Å²) in [6, 6.07) is 6.57. The number of benzene rings is 1. The summed E-state index contributed by atoms with van der Waals surface area (Å²) < 4.78 is 14.4. The second-order valence-corrected chi connectivity index (χ2v) is 4.77. The predicted octanol–water partition coefficient (Wildman–Crippen LogP) is 3.62. The van der Waals surface area contributed by atoms with Gasteiger partial charge < -0.3 is 5.11 Å². The molecule has 0 radical (unpaired) electrons. The number of para-hydroxylation sites is 1. The summed E-state index contributed by atoms with van der Waals surface area (Å²) in [5.41, 5.74) is -1.71. The van der Waals surface area contributed by atoms with Crippen LogP contribution in [0, 0.1) is 5.41 Å². The Labute approximate surface area is 84.6 Å². The van der Waals surface area contributed by atoms with Gasteiger partial charge >= 0.3 is 0 Å². The van der Waals surface area contributed by atoms with Crippen molar-refractivity contribution < 1.29 is 9.50 Å². The van der Waals surface area contributed by atoms with Crippen molar-refractivity contribution in [2.45, 2.75) is 33.4 Å². The van der Waals surface area contributed by atoms with Gasteiger partial charge in [-0.15, -0.1) is 0 Å². The van der Waals surface area contributed by atoms with E-state index >= 15 is 0 Å². The van der Waals surface area contributed by atoms with Crippen LogP contribution in [-0.4, -0.2) is 5.11 Å². The first kappa shape index (κ1) is 11.0. The van der Waals surface area contributed by atoms with Gasteiger partial charge in [0.15, 0.2) is 0 Å². The van der Waals surface area contributed by atoms with E-state index < -0.39 is 11.1 Å². The number of phenols is 1.